The third-order valence-corrected chi connectivity index (χ3v) is 2.23. The Labute approximate surface area is 80.7 Å². The topological polar surface area (TPSA) is 59.0 Å². The summed E-state index contributed by atoms with van der Waals surface area (Å²) >= 11 is 5.78. The maximum atomic E-state index is 8.82. The second-order valence-corrected chi connectivity index (χ2v) is 3.33. The third kappa shape index (κ3) is 1.24. The molecule has 13 heavy (non-hydrogen) atoms. The van der Waals surface area contributed by atoms with Crippen LogP contribution < -0.4 is 10.5 Å². The van der Waals surface area contributed by atoms with Crippen molar-refractivity contribution in [3.63, 3.8) is 0 Å². The van der Waals surface area contributed by atoms with Crippen LogP contribution in [0.4, 0.5) is 0 Å². The molecule has 0 saturated heterocycles. The molecule has 1 aliphatic heterocycles. The SMILES string of the molecule is N#Cc1cc(Cl)cc2c1[C@@H](N)CO2. The zero-order chi connectivity index (χ0) is 9.42. The van der Waals surface area contributed by atoms with Crippen LogP contribution in [0.2, 0.25) is 5.02 Å². The maximum Gasteiger partial charge on any atom is 0.127 e. The van der Waals surface area contributed by atoms with E-state index >= 15 is 0 Å². The van der Waals surface area contributed by atoms with E-state index in [9.17, 15) is 0 Å². The predicted molar refractivity (Wildman–Crippen MR) is 48.6 cm³/mol. The van der Waals surface area contributed by atoms with E-state index in [4.69, 9.17) is 27.3 Å². The molecule has 0 fully saturated rings. The lowest BCUT2D eigenvalue weighted by Crippen LogP contribution is -2.11. The van der Waals surface area contributed by atoms with E-state index in [2.05, 4.69) is 6.07 Å². The van der Waals surface area contributed by atoms with Crippen molar-refractivity contribution in [1.82, 2.24) is 0 Å². The second-order valence-electron chi connectivity index (χ2n) is 2.89. The number of nitrogens with two attached hydrogens (primary N) is 1. The average molecular weight is 195 g/mol. The molecule has 3 nitrogen and oxygen atoms in total. The Morgan fingerprint density at radius 1 is 1.62 bits per heavy atom. The van der Waals surface area contributed by atoms with Gasteiger partial charge in [-0.15, -0.1) is 0 Å². The van der Waals surface area contributed by atoms with Crippen LogP contribution in [0.15, 0.2) is 12.1 Å². The lowest BCUT2D eigenvalue weighted by atomic mass is 10.0. The average Bonchev–Trinajstić information content (AvgIpc) is 2.46. The number of hydrogen-bond donors (Lipinski definition) is 1. The number of hydrogen-bond acceptors (Lipinski definition) is 3. The van der Waals surface area contributed by atoms with Gasteiger partial charge in [-0.3, -0.25) is 0 Å². The first-order valence-electron chi connectivity index (χ1n) is 3.84. The summed E-state index contributed by atoms with van der Waals surface area (Å²) in [6, 6.07) is 5.14. The Bertz CT molecular complexity index is 397. The first-order chi connectivity index (χ1) is 6.22. The lowest BCUT2D eigenvalue weighted by molar-refractivity contribution is 0.333. The first-order valence-corrected chi connectivity index (χ1v) is 4.22. The molecule has 0 bridgehead atoms. The molecule has 2 rings (SSSR count). The minimum absolute atomic E-state index is 0.207. The number of nitrogens with zero attached hydrogens (tertiary/aromatic N) is 1. The highest BCUT2D eigenvalue weighted by Crippen LogP contribution is 2.35. The van der Waals surface area contributed by atoms with Crippen LogP contribution in [-0.2, 0) is 0 Å². The Balaban J connectivity index is 2.66. The van der Waals surface area contributed by atoms with Crippen molar-refractivity contribution in [2.24, 2.45) is 5.73 Å². The summed E-state index contributed by atoms with van der Waals surface area (Å²) in [4.78, 5) is 0. The van der Waals surface area contributed by atoms with Gasteiger partial charge in [0.1, 0.15) is 12.4 Å². The van der Waals surface area contributed by atoms with Crippen LogP contribution in [0.5, 0.6) is 5.75 Å². The standard InChI is InChI=1S/C9H7ClN2O/c10-6-1-5(3-11)9-7(12)4-13-8(9)2-6/h1-2,7H,4,12H2/t7-/m0/s1. The number of rotatable bonds is 0. The molecule has 0 aliphatic carbocycles. The Morgan fingerprint density at radius 2 is 2.38 bits per heavy atom. The third-order valence-electron chi connectivity index (χ3n) is 2.02. The molecule has 1 aromatic carbocycles. The van der Waals surface area contributed by atoms with E-state index < -0.39 is 0 Å². The summed E-state index contributed by atoms with van der Waals surface area (Å²) in [5, 5.41) is 9.33. The number of fused-ring (bicyclic) bond motifs is 1. The number of ether oxygens (including phenoxy) is 1. The van der Waals surface area contributed by atoms with Gasteiger partial charge >= 0.3 is 0 Å². The fourth-order valence-electron chi connectivity index (χ4n) is 1.45. The Morgan fingerprint density at radius 3 is 3.08 bits per heavy atom. The molecule has 1 atom stereocenters. The van der Waals surface area contributed by atoms with E-state index in [1.807, 2.05) is 0 Å². The highest BCUT2D eigenvalue weighted by Gasteiger charge is 2.24. The van der Waals surface area contributed by atoms with Gasteiger partial charge in [0.2, 0.25) is 0 Å². The van der Waals surface area contributed by atoms with E-state index in [0.717, 1.165) is 5.56 Å². The first kappa shape index (κ1) is 8.36. The van der Waals surface area contributed by atoms with Crippen molar-refractivity contribution < 1.29 is 4.74 Å². The summed E-state index contributed by atoms with van der Waals surface area (Å²) < 4.78 is 5.27. The quantitative estimate of drug-likeness (QED) is 0.683. The van der Waals surface area contributed by atoms with E-state index in [0.29, 0.717) is 22.9 Å². The van der Waals surface area contributed by atoms with Crippen LogP contribution >= 0.6 is 11.6 Å². The molecule has 0 amide bonds. The lowest BCUT2D eigenvalue weighted by Gasteiger charge is -2.03. The van der Waals surface area contributed by atoms with Crippen molar-refractivity contribution in [2.75, 3.05) is 6.61 Å². The Kier molecular flexibility index (Phi) is 1.87. The number of benzene rings is 1. The van der Waals surface area contributed by atoms with E-state index in [-0.39, 0.29) is 6.04 Å². The van der Waals surface area contributed by atoms with E-state index in [1.54, 1.807) is 12.1 Å². The van der Waals surface area contributed by atoms with Gasteiger partial charge < -0.3 is 10.5 Å². The van der Waals surface area contributed by atoms with Gasteiger partial charge in [-0.05, 0) is 12.1 Å². The van der Waals surface area contributed by atoms with Crippen molar-refractivity contribution in [2.45, 2.75) is 6.04 Å². The molecule has 0 saturated carbocycles. The van der Waals surface area contributed by atoms with Crippen LogP contribution in [0.3, 0.4) is 0 Å². The molecule has 0 radical (unpaired) electrons. The van der Waals surface area contributed by atoms with Gasteiger partial charge in [0.25, 0.3) is 0 Å². The molecule has 0 unspecified atom stereocenters. The molecular formula is C9H7ClN2O. The summed E-state index contributed by atoms with van der Waals surface area (Å²) in [5.41, 5.74) is 7.03. The highest BCUT2D eigenvalue weighted by atomic mass is 35.5. The maximum absolute atomic E-state index is 8.82. The van der Waals surface area contributed by atoms with Crippen molar-refractivity contribution in [1.29, 1.82) is 5.26 Å². The van der Waals surface area contributed by atoms with Gasteiger partial charge in [0.05, 0.1) is 17.7 Å². The fourth-order valence-corrected chi connectivity index (χ4v) is 1.66. The van der Waals surface area contributed by atoms with Gasteiger partial charge in [0.15, 0.2) is 0 Å². The minimum Gasteiger partial charge on any atom is -0.491 e. The summed E-state index contributed by atoms with van der Waals surface area (Å²) in [6.07, 6.45) is 0. The van der Waals surface area contributed by atoms with Gasteiger partial charge in [0, 0.05) is 10.6 Å². The molecular weight excluding hydrogens is 188 g/mol. The van der Waals surface area contributed by atoms with Crippen LogP contribution in [0, 0.1) is 11.3 Å². The minimum atomic E-state index is -0.207. The largest absolute Gasteiger partial charge is 0.491 e. The molecule has 66 valence electrons. The molecule has 2 N–H and O–H groups in total. The molecule has 1 aromatic rings. The molecule has 4 heteroatoms. The second kappa shape index (κ2) is 2.91. The summed E-state index contributed by atoms with van der Waals surface area (Å²) in [5.74, 6) is 0.636. The smallest absolute Gasteiger partial charge is 0.127 e. The van der Waals surface area contributed by atoms with Crippen molar-refractivity contribution >= 4 is 11.6 Å². The fraction of sp³-hybridized carbons (Fsp3) is 0.222. The summed E-state index contributed by atoms with van der Waals surface area (Å²) in [6.45, 7) is 0.421. The van der Waals surface area contributed by atoms with Crippen LogP contribution in [0.25, 0.3) is 0 Å². The van der Waals surface area contributed by atoms with Gasteiger partial charge in [-0.25, -0.2) is 0 Å². The zero-order valence-corrected chi connectivity index (χ0v) is 7.51. The molecule has 1 aliphatic rings. The van der Waals surface area contributed by atoms with E-state index in [1.165, 1.54) is 0 Å². The monoisotopic (exact) mass is 194 g/mol. The number of halogens is 1. The summed E-state index contributed by atoms with van der Waals surface area (Å²) in [7, 11) is 0. The van der Waals surface area contributed by atoms with Gasteiger partial charge in [-0.2, -0.15) is 5.26 Å². The Hall–Kier alpha value is -1.24. The van der Waals surface area contributed by atoms with Gasteiger partial charge in [-0.1, -0.05) is 11.6 Å². The predicted octanol–water partition coefficient (Wildman–Crippen LogP) is 1.60. The van der Waals surface area contributed by atoms with Crippen molar-refractivity contribution in [3.05, 3.63) is 28.3 Å². The zero-order valence-electron chi connectivity index (χ0n) is 6.75. The highest BCUT2D eigenvalue weighted by molar-refractivity contribution is 6.30. The van der Waals surface area contributed by atoms with Crippen LogP contribution in [-0.4, -0.2) is 6.61 Å². The molecule has 0 aromatic heterocycles. The van der Waals surface area contributed by atoms with Crippen molar-refractivity contribution in [3.8, 4) is 11.8 Å². The number of nitriles is 1. The molecule has 1 heterocycles. The van der Waals surface area contributed by atoms with Crippen LogP contribution in [0.1, 0.15) is 17.2 Å². The normalized spacial score (nSPS) is 19.0. The molecule has 0 spiro atoms.